The molecule has 162 valence electrons. The number of nitrogens with two attached hydrogens (primary N) is 1. The molecule has 3 N–H and O–H groups in total. The molecule has 0 bridgehead atoms. The number of piperidine rings is 1. The largest absolute Gasteiger partial charge is 0.365 e. The molecule has 0 spiro atoms. The van der Waals surface area contributed by atoms with Gasteiger partial charge in [0.15, 0.2) is 5.82 Å². The van der Waals surface area contributed by atoms with Crippen LogP contribution in [0.1, 0.15) is 48.0 Å². The number of primary amides is 1. The Bertz CT molecular complexity index is 1020. The number of amides is 2. The molecule has 2 amide bonds. The highest BCUT2D eigenvalue weighted by atomic mass is 79.9. The van der Waals surface area contributed by atoms with Crippen molar-refractivity contribution in [1.29, 1.82) is 5.26 Å². The summed E-state index contributed by atoms with van der Waals surface area (Å²) in [6.45, 7) is 2.32. The lowest BCUT2D eigenvalue weighted by molar-refractivity contribution is -0.117. The van der Waals surface area contributed by atoms with Crippen molar-refractivity contribution in [3.05, 3.63) is 40.3 Å². The van der Waals surface area contributed by atoms with Crippen LogP contribution >= 0.6 is 15.9 Å². The van der Waals surface area contributed by atoms with Crippen molar-refractivity contribution in [2.45, 2.75) is 44.2 Å². The molecule has 4 rings (SSSR count). The second-order valence-corrected chi connectivity index (χ2v) is 9.10. The van der Waals surface area contributed by atoms with Gasteiger partial charge in [-0.25, -0.2) is 4.98 Å². The van der Waals surface area contributed by atoms with Crippen molar-refractivity contribution >= 4 is 33.6 Å². The summed E-state index contributed by atoms with van der Waals surface area (Å²) in [4.78, 5) is 30.7. The molecule has 1 saturated heterocycles. The third kappa shape index (κ3) is 4.78. The fraction of sp³-hybridized carbons (Fsp3) is 0.476. The van der Waals surface area contributed by atoms with Gasteiger partial charge in [0, 0.05) is 37.9 Å². The van der Waals surface area contributed by atoms with Crippen molar-refractivity contribution in [1.82, 2.24) is 19.7 Å². The second-order valence-electron chi connectivity index (χ2n) is 8.29. The minimum absolute atomic E-state index is 0.0183. The maximum absolute atomic E-state index is 12.2. The minimum atomic E-state index is -0.648. The molecule has 1 aliphatic carbocycles. The molecule has 10 heteroatoms. The van der Waals surface area contributed by atoms with Crippen LogP contribution in [0.4, 0.5) is 5.82 Å². The molecular weight excluding hydrogens is 462 g/mol. The number of aromatic nitrogens is 3. The molecule has 2 aliphatic rings. The average molecular weight is 486 g/mol. The summed E-state index contributed by atoms with van der Waals surface area (Å²) in [6.07, 6.45) is 6.78. The predicted octanol–water partition coefficient (Wildman–Crippen LogP) is 2.39. The summed E-state index contributed by atoms with van der Waals surface area (Å²) in [7, 11) is 0. The Kier molecular flexibility index (Phi) is 6.07. The Morgan fingerprint density at radius 2 is 2.06 bits per heavy atom. The first-order valence-corrected chi connectivity index (χ1v) is 11.1. The van der Waals surface area contributed by atoms with E-state index < -0.39 is 11.4 Å². The molecule has 2 aromatic heterocycles. The number of hydrogen-bond donors (Lipinski definition) is 2. The van der Waals surface area contributed by atoms with Gasteiger partial charge in [0.1, 0.15) is 10.2 Å². The van der Waals surface area contributed by atoms with Crippen LogP contribution in [0, 0.1) is 17.2 Å². The van der Waals surface area contributed by atoms with E-state index >= 15 is 0 Å². The zero-order chi connectivity index (χ0) is 22.0. The van der Waals surface area contributed by atoms with E-state index in [9.17, 15) is 14.9 Å². The minimum Gasteiger partial charge on any atom is -0.365 e. The van der Waals surface area contributed by atoms with E-state index in [0.29, 0.717) is 12.8 Å². The quantitative estimate of drug-likeness (QED) is 0.578. The van der Waals surface area contributed by atoms with Gasteiger partial charge in [0.25, 0.3) is 5.91 Å². The number of hydrogen-bond acceptors (Lipinski definition) is 6. The predicted molar refractivity (Wildman–Crippen MR) is 117 cm³/mol. The van der Waals surface area contributed by atoms with Crippen molar-refractivity contribution in [2.75, 3.05) is 18.4 Å². The molecule has 2 fully saturated rings. The second kappa shape index (κ2) is 8.77. The highest BCUT2D eigenvalue weighted by Crippen LogP contribution is 2.36. The van der Waals surface area contributed by atoms with Crippen molar-refractivity contribution in [3.63, 3.8) is 0 Å². The van der Waals surface area contributed by atoms with Crippen molar-refractivity contribution in [3.8, 4) is 6.07 Å². The number of halogens is 1. The topological polar surface area (TPSA) is 130 Å². The van der Waals surface area contributed by atoms with Crippen LogP contribution in [0.2, 0.25) is 0 Å². The number of nitrogens with zero attached hydrogens (tertiary/aromatic N) is 5. The first-order chi connectivity index (χ1) is 14.9. The zero-order valence-electron chi connectivity index (χ0n) is 17.1. The molecule has 2 aromatic rings. The van der Waals surface area contributed by atoms with Crippen LogP contribution in [-0.4, -0.2) is 44.6 Å². The van der Waals surface area contributed by atoms with E-state index in [-0.39, 0.29) is 29.6 Å². The molecule has 0 atom stereocenters. The Morgan fingerprint density at radius 1 is 1.32 bits per heavy atom. The van der Waals surface area contributed by atoms with Gasteiger partial charge in [-0.15, -0.1) is 0 Å². The first-order valence-electron chi connectivity index (χ1n) is 10.3. The molecule has 0 aromatic carbocycles. The lowest BCUT2D eigenvalue weighted by atomic mass is 9.85. The molecule has 0 unspecified atom stereocenters. The van der Waals surface area contributed by atoms with Gasteiger partial charge in [0.05, 0.1) is 18.0 Å². The fourth-order valence-corrected chi connectivity index (χ4v) is 4.21. The van der Waals surface area contributed by atoms with Crippen LogP contribution < -0.4 is 11.1 Å². The van der Waals surface area contributed by atoms with E-state index in [4.69, 9.17) is 5.73 Å². The summed E-state index contributed by atoms with van der Waals surface area (Å²) in [5, 5.41) is 16.8. The third-order valence-corrected chi connectivity index (χ3v) is 6.51. The van der Waals surface area contributed by atoms with Crippen molar-refractivity contribution < 1.29 is 9.59 Å². The summed E-state index contributed by atoms with van der Waals surface area (Å²) in [5.41, 5.74) is 6.29. The van der Waals surface area contributed by atoms with E-state index in [1.54, 1.807) is 10.9 Å². The SMILES string of the molecule is N#CCC1(n2cc(C(N)=O)c(NC(=O)C3CC3)n2)CCN(Cc2ccc(Br)nc2)CC1. The smallest absolute Gasteiger partial charge is 0.254 e. The van der Waals surface area contributed by atoms with Gasteiger partial charge in [0.2, 0.25) is 5.91 Å². The van der Waals surface area contributed by atoms with Crippen LogP contribution in [0.5, 0.6) is 0 Å². The Balaban J connectivity index is 1.51. The Labute approximate surface area is 188 Å². The van der Waals surface area contributed by atoms with Gasteiger partial charge >= 0.3 is 0 Å². The number of anilines is 1. The summed E-state index contributed by atoms with van der Waals surface area (Å²) in [5.74, 6) is -0.620. The lowest BCUT2D eigenvalue weighted by Crippen LogP contribution is -2.46. The maximum atomic E-state index is 12.2. The Morgan fingerprint density at radius 3 is 2.65 bits per heavy atom. The number of nitrogens with one attached hydrogen (secondary N) is 1. The lowest BCUT2D eigenvalue weighted by Gasteiger charge is -2.40. The van der Waals surface area contributed by atoms with E-state index in [1.807, 2.05) is 18.3 Å². The number of carbonyl (C=O) groups is 2. The number of carbonyl (C=O) groups excluding carboxylic acids is 2. The highest BCUT2D eigenvalue weighted by molar-refractivity contribution is 9.10. The standard InChI is InChI=1S/C21H24BrN7O2/c22-17-4-1-14(11-25-17)12-28-9-6-21(5-8-23,7-10-28)29-13-16(18(24)30)19(27-29)26-20(31)15-2-3-15/h1,4,11,13,15H,2-3,5-7,9-10,12H2,(H2,24,30)(H,26,27,31). The van der Waals surface area contributed by atoms with E-state index in [1.165, 1.54) is 0 Å². The zero-order valence-corrected chi connectivity index (χ0v) is 18.6. The van der Waals surface area contributed by atoms with E-state index in [2.05, 4.69) is 42.3 Å². The van der Waals surface area contributed by atoms with Gasteiger partial charge < -0.3 is 11.1 Å². The highest BCUT2D eigenvalue weighted by Gasteiger charge is 2.39. The van der Waals surface area contributed by atoms with Crippen LogP contribution in [-0.2, 0) is 16.9 Å². The van der Waals surface area contributed by atoms with Crippen LogP contribution in [0.3, 0.4) is 0 Å². The molecule has 1 saturated carbocycles. The summed E-state index contributed by atoms with van der Waals surface area (Å²) in [6, 6.07) is 6.24. The van der Waals surface area contributed by atoms with Gasteiger partial charge in [-0.05, 0) is 53.2 Å². The molecule has 0 radical (unpaired) electrons. The summed E-state index contributed by atoms with van der Waals surface area (Å²) >= 11 is 3.35. The van der Waals surface area contributed by atoms with Gasteiger partial charge in [-0.3, -0.25) is 19.2 Å². The molecule has 3 heterocycles. The average Bonchev–Trinajstić information content (AvgIpc) is 3.51. The summed E-state index contributed by atoms with van der Waals surface area (Å²) < 4.78 is 2.48. The number of pyridine rings is 1. The molecular formula is C21H24BrN7O2. The van der Waals surface area contributed by atoms with Gasteiger partial charge in [-0.2, -0.15) is 10.4 Å². The Hall–Kier alpha value is -2.77. The number of likely N-dealkylation sites (tertiary alicyclic amines) is 1. The molecule has 9 nitrogen and oxygen atoms in total. The molecule has 31 heavy (non-hydrogen) atoms. The van der Waals surface area contributed by atoms with Crippen molar-refractivity contribution in [2.24, 2.45) is 11.7 Å². The third-order valence-electron chi connectivity index (χ3n) is 6.05. The monoisotopic (exact) mass is 485 g/mol. The number of rotatable bonds is 7. The van der Waals surface area contributed by atoms with Crippen LogP contribution in [0.15, 0.2) is 29.1 Å². The molecule has 1 aliphatic heterocycles. The van der Waals surface area contributed by atoms with Crippen LogP contribution in [0.25, 0.3) is 0 Å². The first kappa shape index (κ1) is 21.5. The number of nitriles is 1. The maximum Gasteiger partial charge on any atom is 0.254 e. The van der Waals surface area contributed by atoms with E-state index in [0.717, 1.165) is 42.6 Å². The van der Waals surface area contributed by atoms with Gasteiger partial charge in [-0.1, -0.05) is 6.07 Å². The normalized spacial score (nSPS) is 18.3. The fourth-order valence-electron chi connectivity index (χ4n) is 3.97.